The minimum absolute atomic E-state index is 0.138. The van der Waals surface area contributed by atoms with Crippen LogP contribution in [-0.2, 0) is 0 Å². The van der Waals surface area contributed by atoms with Crippen molar-refractivity contribution in [2.24, 2.45) is 0 Å². The minimum atomic E-state index is -0.255. The highest BCUT2D eigenvalue weighted by Crippen LogP contribution is 2.29. The molecule has 0 radical (unpaired) electrons. The zero-order valence-electron chi connectivity index (χ0n) is 11.2. The van der Waals surface area contributed by atoms with Crippen molar-refractivity contribution in [1.29, 1.82) is 0 Å². The molecule has 6 heteroatoms. The number of nitrogens with one attached hydrogen (secondary N) is 1. The van der Waals surface area contributed by atoms with Crippen LogP contribution < -0.4 is 11.1 Å². The van der Waals surface area contributed by atoms with Crippen LogP contribution in [0.25, 0.3) is 0 Å². The zero-order chi connectivity index (χ0) is 15.6. The third-order valence-corrected chi connectivity index (χ3v) is 4.21. The van der Waals surface area contributed by atoms with E-state index in [9.17, 15) is 4.79 Å². The summed E-state index contributed by atoms with van der Waals surface area (Å²) in [6, 6.07) is 10.6. The third kappa shape index (κ3) is 3.90. The molecule has 0 aliphatic rings. The van der Waals surface area contributed by atoms with Crippen LogP contribution >= 0.6 is 39.1 Å². The minimum Gasteiger partial charge on any atom is -0.396 e. The first-order valence-corrected chi connectivity index (χ1v) is 7.74. The Balaban J connectivity index is 2.16. The van der Waals surface area contributed by atoms with Gasteiger partial charge in [-0.3, -0.25) is 4.79 Å². The molecule has 0 aromatic heterocycles. The number of nitrogens with two attached hydrogens (primary N) is 1. The van der Waals surface area contributed by atoms with E-state index >= 15 is 0 Å². The van der Waals surface area contributed by atoms with Crippen molar-refractivity contribution in [1.82, 2.24) is 5.32 Å². The number of carbonyl (C=O) groups excluding carboxylic acids is 1. The van der Waals surface area contributed by atoms with Crippen LogP contribution in [0.3, 0.4) is 0 Å². The molecule has 3 N–H and O–H groups in total. The van der Waals surface area contributed by atoms with Crippen LogP contribution in [0.15, 0.2) is 40.9 Å². The van der Waals surface area contributed by atoms with Gasteiger partial charge in [0.15, 0.2) is 0 Å². The summed E-state index contributed by atoms with van der Waals surface area (Å²) in [7, 11) is 0. The maximum atomic E-state index is 12.2. The maximum absolute atomic E-state index is 12.2. The Kier molecular flexibility index (Phi) is 5.14. The van der Waals surface area contributed by atoms with Crippen molar-refractivity contribution in [3.8, 4) is 0 Å². The van der Waals surface area contributed by atoms with E-state index in [2.05, 4.69) is 21.2 Å². The molecule has 21 heavy (non-hydrogen) atoms. The Morgan fingerprint density at radius 1 is 1.19 bits per heavy atom. The summed E-state index contributed by atoms with van der Waals surface area (Å²) >= 11 is 15.3. The fraction of sp³-hybridized carbons (Fsp3) is 0.133. The predicted octanol–water partition coefficient (Wildman–Crippen LogP) is 4.83. The summed E-state index contributed by atoms with van der Waals surface area (Å²) < 4.78 is 0.988. The van der Waals surface area contributed by atoms with E-state index in [0.717, 1.165) is 10.0 Å². The van der Waals surface area contributed by atoms with Crippen molar-refractivity contribution in [3.63, 3.8) is 0 Å². The Labute approximate surface area is 141 Å². The Morgan fingerprint density at radius 3 is 2.24 bits per heavy atom. The predicted molar refractivity (Wildman–Crippen MR) is 90.9 cm³/mol. The van der Waals surface area contributed by atoms with E-state index in [0.29, 0.717) is 5.56 Å². The molecule has 2 rings (SSSR count). The van der Waals surface area contributed by atoms with Gasteiger partial charge in [-0.05, 0) is 36.8 Å². The monoisotopic (exact) mass is 386 g/mol. The van der Waals surface area contributed by atoms with Gasteiger partial charge in [0, 0.05) is 10.0 Å². The molecule has 1 amide bonds. The zero-order valence-corrected chi connectivity index (χ0v) is 14.3. The summed E-state index contributed by atoms with van der Waals surface area (Å²) in [5, 5.41) is 3.43. The number of halogens is 3. The Morgan fingerprint density at radius 2 is 1.71 bits per heavy atom. The number of rotatable bonds is 3. The maximum Gasteiger partial charge on any atom is 0.251 e. The second kappa shape index (κ2) is 6.69. The van der Waals surface area contributed by atoms with E-state index < -0.39 is 0 Å². The lowest BCUT2D eigenvalue weighted by atomic mass is 10.1. The summed E-state index contributed by atoms with van der Waals surface area (Å²) in [6.45, 7) is 1.90. The topological polar surface area (TPSA) is 55.1 Å². The van der Waals surface area contributed by atoms with Gasteiger partial charge in [0.2, 0.25) is 0 Å². The molecule has 0 aliphatic carbocycles. The van der Waals surface area contributed by atoms with E-state index in [1.165, 1.54) is 12.1 Å². The lowest BCUT2D eigenvalue weighted by Gasteiger charge is -2.15. The van der Waals surface area contributed by atoms with E-state index in [4.69, 9.17) is 28.9 Å². The van der Waals surface area contributed by atoms with Gasteiger partial charge in [-0.15, -0.1) is 0 Å². The fourth-order valence-electron chi connectivity index (χ4n) is 1.83. The highest BCUT2D eigenvalue weighted by Gasteiger charge is 2.14. The average Bonchev–Trinajstić information content (AvgIpc) is 2.44. The van der Waals surface area contributed by atoms with Gasteiger partial charge < -0.3 is 11.1 Å². The molecule has 2 aromatic rings. The number of hydrogen-bond acceptors (Lipinski definition) is 2. The molecule has 0 fully saturated rings. The number of hydrogen-bond donors (Lipinski definition) is 2. The highest BCUT2D eigenvalue weighted by molar-refractivity contribution is 9.10. The van der Waals surface area contributed by atoms with Crippen LogP contribution in [0, 0.1) is 0 Å². The van der Waals surface area contributed by atoms with E-state index in [1.807, 2.05) is 31.2 Å². The lowest BCUT2D eigenvalue weighted by molar-refractivity contribution is 0.0940. The molecule has 0 saturated carbocycles. The average molecular weight is 388 g/mol. The Bertz CT molecular complexity index is 651. The standard InChI is InChI=1S/C15H13BrCl2N2O/c1-8(9-2-4-11(16)5-3-9)20-15(21)10-6-12(17)14(19)13(18)7-10/h2-8H,19H2,1H3,(H,20,21)/t8-/m0/s1. The van der Waals surface area contributed by atoms with Gasteiger partial charge >= 0.3 is 0 Å². The second-order valence-electron chi connectivity index (χ2n) is 4.60. The molecule has 0 heterocycles. The van der Waals surface area contributed by atoms with Crippen LogP contribution in [-0.4, -0.2) is 5.91 Å². The molecule has 0 unspecified atom stereocenters. The first-order valence-electron chi connectivity index (χ1n) is 6.19. The number of anilines is 1. The van der Waals surface area contributed by atoms with Crippen LogP contribution in [0.1, 0.15) is 28.9 Å². The van der Waals surface area contributed by atoms with Crippen molar-refractivity contribution < 1.29 is 4.79 Å². The van der Waals surface area contributed by atoms with Gasteiger partial charge in [-0.1, -0.05) is 51.3 Å². The van der Waals surface area contributed by atoms with Gasteiger partial charge in [-0.25, -0.2) is 0 Å². The highest BCUT2D eigenvalue weighted by atomic mass is 79.9. The molecular formula is C15H13BrCl2N2O. The smallest absolute Gasteiger partial charge is 0.251 e. The molecule has 0 bridgehead atoms. The van der Waals surface area contributed by atoms with Gasteiger partial charge in [-0.2, -0.15) is 0 Å². The van der Waals surface area contributed by atoms with Crippen LogP contribution in [0.4, 0.5) is 5.69 Å². The number of nitrogen functional groups attached to an aromatic ring is 1. The molecule has 0 spiro atoms. The molecule has 1 atom stereocenters. The van der Waals surface area contributed by atoms with Crippen LogP contribution in [0.2, 0.25) is 10.0 Å². The van der Waals surface area contributed by atoms with Crippen molar-refractivity contribution in [2.75, 3.05) is 5.73 Å². The summed E-state index contributed by atoms with van der Waals surface area (Å²) in [5.41, 5.74) is 7.31. The molecular weight excluding hydrogens is 375 g/mol. The van der Waals surface area contributed by atoms with Gasteiger partial charge in [0.05, 0.1) is 21.8 Å². The van der Waals surface area contributed by atoms with E-state index in [1.54, 1.807) is 0 Å². The number of benzene rings is 2. The van der Waals surface area contributed by atoms with Crippen molar-refractivity contribution in [3.05, 3.63) is 62.0 Å². The fourth-order valence-corrected chi connectivity index (χ4v) is 2.58. The summed E-state index contributed by atoms with van der Waals surface area (Å²) in [4.78, 5) is 12.2. The normalized spacial score (nSPS) is 12.0. The van der Waals surface area contributed by atoms with E-state index in [-0.39, 0.29) is 27.7 Å². The lowest BCUT2D eigenvalue weighted by Crippen LogP contribution is -2.26. The molecule has 0 aliphatic heterocycles. The van der Waals surface area contributed by atoms with Crippen molar-refractivity contribution >= 4 is 50.7 Å². The number of amides is 1. The van der Waals surface area contributed by atoms with Crippen molar-refractivity contribution in [2.45, 2.75) is 13.0 Å². The van der Waals surface area contributed by atoms with Gasteiger partial charge in [0.1, 0.15) is 0 Å². The summed E-state index contributed by atoms with van der Waals surface area (Å²) in [6.07, 6.45) is 0. The van der Waals surface area contributed by atoms with Gasteiger partial charge in [0.25, 0.3) is 5.91 Å². The quantitative estimate of drug-likeness (QED) is 0.741. The first kappa shape index (κ1) is 16.1. The Hall–Kier alpha value is -1.23. The first-order chi connectivity index (χ1) is 9.88. The molecule has 3 nitrogen and oxygen atoms in total. The SMILES string of the molecule is C[C@H](NC(=O)c1cc(Cl)c(N)c(Cl)c1)c1ccc(Br)cc1. The third-order valence-electron chi connectivity index (χ3n) is 3.06. The molecule has 2 aromatic carbocycles. The number of carbonyl (C=O) groups is 1. The molecule has 110 valence electrons. The second-order valence-corrected chi connectivity index (χ2v) is 6.33. The van der Waals surface area contributed by atoms with Crippen LogP contribution in [0.5, 0.6) is 0 Å². The summed E-state index contributed by atoms with van der Waals surface area (Å²) in [5.74, 6) is -0.255. The molecule has 0 saturated heterocycles. The largest absolute Gasteiger partial charge is 0.396 e.